The van der Waals surface area contributed by atoms with Crippen LogP contribution in [0.1, 0.15) is 11.1 Å². The predicted octanol–water partition coefficient (Wildman–Crippen LogP) is 5.11. The van der Waals surface area contributed by atoms with Crippen LogP contribution in [-0.4, -0.2) is 21.1 Å². The largest absolute Gasteiger partial charge is 0.250 e. The summed E-state index contributed by atoms with van der Waals surface area (Å²) in [7, 11) is 0. The van der Waals surface area contributed by atoms with E-state index in [1.807, 2.05) is 43.3 Å². The lowest BCUT2D eigenvalue weighted by atomic mass is 10.1. The van der Waals surface area contributed by atoms with Crippen molar-refractivity contribution in [2.24, 2.45) is 5.10 Å². The van der Waals surface area contributed by atoms with E-state index in [1.54, 1.807) is 17.0 Å². The molecule has 0 radical (unpaired) electrons. The number of aromatic amines is 1. The average molecular weight is 363 g/mol. The Hall–Kier alpha value is -1.95. The van der Waals surface area contributed by atoms with E-state index < -0.39 is 0 Å². The second-order valence-electron chi connectivity index (χ2n) is 4.92. The van der Waals surface area contributed by atoms with Gasteiger partial charge in [-0.05, 0) is 25.2 Å². The molecule has 23 heavy (non-hydrogen) atoms. The first kappa shape index (κ1) is 15.9. The molecule has 3 rings (SSSR count). The van der Waals surface area contributed by atoms with Crippen LogP contribution < -0.4 is 0 Å². The molecule has 3 aromatic rings. The van der Waals surface area contributed by atoms with Crippen LogP contribution in [0.2, 0.25) is 10.0 Å². The second-order valence-corrected chi connectivity index (χ2v) is 6.09. The summed E-state index contributed by atoms with van der Waals surface area (Å²) >= 11 is 17.4. The maximum atomic E-state index is 6.17. The molecule has 0 amide bonds. The highest BCUT2D eigenvalue weighted by atomic mass is 35.5. The van der Waals surface area contributed by atoms with Gasteiger partial charge >= 0.3 is 0 Å². The third-order valence-corrected chi connectivity index (χ3v) is 4.35. The first-order chi connectivity index (χ1) is 11.1. The van der Waals surface area contributed by atoms with E-state index in [0.29, 0.717) is 26.2 Å². The number of H-pyrrole nitrogens is 1. The van der Waals surface area contributed by atoms with Crippen molar-refractivity contribution in [1.29, 1.82) is 0 Å². The Morgan fingerprint density at radius 3 is 2.65 bits per heavy atom. The van der Waals surface area contributed by atoms with Gasteiger partial charge < -0.3 is 0 Å². The fraction of sp³-hybridized carbons (Fsp3) is 0.0625. The van der Waals surface area contributed by atoms with E-state index in [4.69, 9.17) is 35.4 Å². The molecule has 0 aliphatic carbocycles. The summed E-state index contributed by atoms with van der Waals surface area (Å²) in [6.45, 7) is 2.03. The van der Waals surface area contributed by atoms with E-state index in [-0.39, 0.29) is 0 Å². The lowest BCUT2D eigenvalue weighted by Gasteiger charge is -2.03. The molecule has 0 fully saturated rings. The highest BCUT2D eigenvalue weighted by molar-refractivity contribution is 7.71. The SMILES string of the molecule is Cc1ccc(-c2n[nH]c(=S)n2/N=C/c2cccc(Cl)c2Cl)cc1. The topological polar surface area (TPSA) is 46.0 Å². The van der Waals surface area contributed by atoms with E-state index in [2.05, 4.69) is 15.3 Å². The van der Waals surface area contributed by atoms with Crippen molar-refractivity contribution < 1.29 is 0 Å². The fourth-order valence-corrected chi connectivity index (χ4v) is 2.56. The highest BCUT2D eigenvalue weighted by Crippen LogP contribution is 2.24. The van der Waals surface area contributed by atoms with Crippen LogP contribution in [0.25, 0.3) is 11.4 Å². The van der Waals surface area contributed by atoms with Crippen LogP contribution in [0, 0.1) is 11.7 Å². The van der Waals surface area contributed by atoms with Crippen LogP contribution in [0.4, 0.5) is 0 Å². The van der Waals surface area contributed by atoms with E-state index in [9.17, 15) is 0 Å². The van der Waals surface area contributed by atoms with Crippen molar-refractivity contribution in [2.75, 3.05) is 0 Å². The number of hydrogen-bond acceptors (Lipinski definition) is 3. The molecular weight excluding hydrogens is 351 g/mol. The Labute approximate surface area is 148 Å². The quantitative estimate of drug-likeness (QED) is 0.520. The second kappa shape index (κ2) is 6.66. The maximum Gasteiger partial charge on any atom is 0.216 e. The summed E-state index contributed by atoms with van der Waals surface area (Å²) in [5.74, 6) is 0.629. The Morgan fingerprint density at radius 1 is 1.17 bits per heavy atom. The zero-order valence-electron chi connectivity index (χ0n) is 12.1. The van der Waals surface area contributed by atoms with Crippen molar-refractivity contribution in [2.45, 2.75) is 6.92 Å². The minimum atomic E-state index is 0.398. The first-order valence-electron chi connectivity index (χ1n) is 6.79. The molecule has 4 nitrogen and oxygen atoms in total. The fourth-order valence-electron chi connectivity index (χ4n) is 2.03. The molecule has 116 valence electrons. The van der Waals surface area contributed by atoms with Gasteiger partial charge in [0.2, 0.25) is 4.77 Å². The molecule has 2 aromatic carbocycles. The monoisotopic (exact) mass is 362 g/mol. The smallest absolute Gasteiger partial charge is 0.216 e. The van der Waals surface area contributed by atoms with Crippen molar-refractivity contribution in [3.63, 3.8) is 0 Å². The van der Waals surface area contributed by atoms with Gasteiger partial charge in [-0.1, -0.05) is 65.2 Å². The molecule has 1 heterocycles. The van der Waals surface area contributed by atoms with Crippen molar-refractivity contribution in [3.8, 4) is 11.4 Å². The van der Waals surface area contributed by atoms with Crippen LogP contribution in [0.15, 0.2) is 47.6 Å². The number of hydrogen-bond donors (Lipinski definition) is 1. The first-order valence-corrected chi connectivity index (χ1v) is 7.95. The molecule has 1 N–H and O–H groups in total. The molecule has 1 aromatic heterocycles. The normalized spacial score (nSPS) is 11.3. The standard InChI is InChI=1S/C16H12Cl2N4S/c1-10-5-7-11(8-6-10)15-20-21-16(23)22(15)19-9-12-3-2-4-13(17)14(12)18/h2-9H,1H3,(H,21,23)/b19-9+. The molecule has 0 saturated carbocycles. The van der Waals surface area contributed by atoms with Gasteiger partial charge in [0.05, 0.1) is 16.3 Å². The zero-order chi connectivity index (χ0) is 16.4. The van der Waals surface area contributed by atoms with Gasteiger partial charge in [0.1, 0.15) is 0 Å². The summed E-state index contributed by atoms with van der Waals surface area (Å²) in [6.07, 6.45) is 1.61. The predicted molar refractivity (Wildman–Crippen MR) is 97.0 cm³/mol. The molecule has 0 aliphatic rings. The van der Waals surface area contributed by atoms with Gasteiger partial charge in [0.25, 0.3) is 0 Å². The van der Waals surface area contributed by atoms with Crippen LogP contribution in [-0.2, 0) is 0 Å². The molecule has 0 atom stereocenters. The molecule has 0 aliphatic heterocycles. The number of nitrogens with one attached hydrogen (secondary N) is 1. The van der Waals surface area contributed by atoms with Gasteiger partial charge in [-0.25, -0.2) is 5.10 Å². The molecule has 0 unspecified atom stereocenters. The van der Waals surface area contributed by atoms with Crippen LogP contribution in [0.5, 0.6) is 0 Å². The third-order valence-electron chi connectivity index (χ3n) is 3.25. The van der Waals surface area contributed by atoms with Gasteiger partial charge in [0.15, 0.2) is 5.82 Å². The van der Waals surface area contributed by atoms with Crippen molar-refractivity contribution >= 4 is 41.6 Å². The van der Waals surface area contributed by atoms with E-state index in [0.717, 1.165) is 5.56 Å². The molecule has 0 spiro atoms. The summed E-state index contributed by atoms with van der Waals surface area (Å²) in [5, 5.41) is 12.3. The Bertz CT molecular complexity index is 926. The van der Waals surface area contributed by atoms with Crippen molar-refractivity contribution in [3.05, 3.63) is 68.4 Å². The van der Waals surface area contributed by atoms with E-state index >= 15 is 0 Å². The lowest BCUT2D eigenvalue weighted by molar-refractivity contribution is 0.871. The Kier molecular flexibility index (Phi) is 4.61. The van der Waals surface area contributed by atoms with Crippen molar-refractivity contribution in [1.82, 2.24) is 14.9 Å². The van der Waals surface area contributed by atoms with E-state index in [1.165, 1.54) is 5.56 Å². The lowest BCUT2D eigenvalue weighted by Crippen LogP contribution is -1.95. The van der Waals surface area contributed by atoms with Gasteiger partial charge in [-0.15, -0.1) is 0 Å². The number of aromatic nitrogens is 3. The summed E-state index contributed by atoms with van der Waals surface area (Å²) in [5.41, 5.74) is 2.79. The molecule has 7 heteroatoms. The third kappa shape index (κ3) is 3.37. The maximum absolute atomic E-state index is 6.17. The Balaban J connectivity index is 2.02. The molecule has 0 saturated heterocycles. The number of nitrogens with zero attached hydrogens (tertiary/aromatic N) is 3. The number of halogens is 2. The summed E-state index contributed by atoms with van der Waals surface area (Å²) < 4.78 is 1.95. The number of aryl methyl sites for hydroxylation is 1. The minimum absolute atomic E-state index is 0.398. The summed E-state index contributed by atoms with van der Waals surface area (Å²) in [6, 6.07) is 13.3. The molecule has 0 bridgehead atoms. The Morgan fingerprint density at radius 2 is 1.91 bits per heavy atom. The average Bonchev–Trinajstić information content (AvgIpc) is 2.91. The highest BCUT2D eigenvalue weighted by Gasteiger charge is 2.08. The number of rotatable bonds is 3. The van der Waals surface area contributed by atoms with Gasteiger partial charge in [-0.2, -0.15) is 14.9 Å². The summed E-state index contributed by atoms with van der Waals surface area (Å²) in [4.78, 5) is 0. The zero-order valence-corrected chi connectivity index (χ0v) is 14.5. The van der Waals surface area contributed by atoms with Crippen LogP contribution >= 0.6 is 35.4 Å². The van der Waals surface area contributed by atoms with Gasteiger partial charge in [-0.3, -0.25) is 0 Å². The number of benzene rings is 2. The molecular formula is C16H12Cl2N4S. The minimum Gasteiger partial charge on any atom is -0.250 e. The van der Waals surface area contributed by atoms with Crippen LogP contribution in [0.3, 0.4) is 0 Å². The van der Waals surface area contributed by atoms with Gasteiger partial charge in [0, 0.05) is 11.1 Å².